The fourth-order valence-electron chi connectivity index (χ4n) is 2.10. The normalized spacial score (nSPS) is 11.1. The molecule has 0 aliphatic carbocycles. The highest BCUT2D eigenvalue weighted by molar-refractivity contribution is 7.09. The van der Waals surface area contributed by atoms with E-state index < -0.39 is 0 Å². The molecule has 6 heteroatoms. The summed E-state index contributed by atoms with van der Waals surface area (Å²) >= 11 is 7.28. The molecule has 1 aromatic carbocycles. The first kappa shape index (κ1) is 13.3. The molecule has 0 fully saturated rings. The van der Waals surface area contributed by atoms with Crippen LogP contribution in [0.2, 0.25) is 0 Å². The molecule has 0 aliphatic rings. The molecule has 0 spiro atoms. The van der Waals surface area contributed by atoms with Gasteiger partial charge in [-0.2, -0.15) is 0 Å². The first-order valence-corrected chi connectivity index (χ1v) is 7.56. The summed E-state index contributed by atoms with van der Waals surface area (Å²) in [6.07, 6.45) is 0. The smallest absolute Gasteiger partial charge is 0.272 e. The topological polar surface area (TPSA) is 47.8 Å². The molecule has 20 heavy (non-hydrogen) atoms. The first-order valence-electron chi connectivity index (χ1n) is 6.14. The molecule has 0 bridgehead atoms. The third kappa shape index (κ3) is 2.34. The van der Waals surface area contributed by atoms with Crippen LogP contribution in [-0.2, 0) is 12.4 Å². The van der Waals surface area contributed by atoms with Crippen molar-refractivity contribution >= 4 is 34.0 Å². The van der Waals surface area contributed by atoms with Crippen molar-refractivity contribution in [2.45, 2.75) is 19.3 Å². The maximum absolute atomic E-state index is 12.3. The molecule has 0 saturated heterocycles. The van der Waals surface area contributed by atoms with E-state index in [0.29, 0.717) is 18.1 Å². The second-order valence-electron chi connectivity index (χ2n) is 4.44. The van der Waals surface area contributed by atoms with Crippen LogP contribution in [0.15, 0.2) is 34.4 Å². The second-order valence-corrected chi connectivity index (χ2v) is 5.65. The van der Waals surface area contributed by atoms with E-state index in [1.165, 1.54) is 11.3 Å². The van der Waals surface area contributed by atoms with Crippen molar-refractivity contribution in [1.82, 2.24) is 14.5 Å². The van der Waals surface area contributed by atoms with Gasteiger partial charge >= 0.3 is 0 Å². The SMILES string of the molecule is Cc1nc2ccccc2n(Cc2nc(CCl)cs2)c1=O. The Morgan fingerprint density at radius 1 is 1.30 bits per heavy atom. The molecule has 4 nitrogen and oxygen atoms in total. The Hall–Kier alpha value is -1.72. The average molecular weight is 306 g/mol. The maximum atomic E-state index is 12.3. The number of hydrogen-bond donors (Lipinski definition) is 0. The number of hydrogen-bond acceptors (Lipinski definition) is 4. The van der Waals surface area contributed by atoms with Gasteiger partial charge in [-0.3, -0.25) is 9.36 Å². The van der Waals surface area contributed by atoms with Crippen molar-refractivity contribution in [3.63, 3.8) is 0 Å². The van der Waals surface area contributed by atoms with Crippen LogP contribution in [-0.4, -0.2) is 14.5 Å². The van der Waals surface area contributed by atoms with Crippen LogP contribution in [0.25, 0.3) is 11.0 Å². The Balaban J connectivity index is 2.14. The molecule has 0 radical (unpaired) electrons. The van der Waals surface area contributed by atoms with Gasteiger partial charge in [-0.05, 0) is 19.1 Å². The highest BCUT2D eigenvalue weighted by atomic mass is 35.5. The minimum absolute atomic E-state index is 0.0775. The summed E-state index contributed by atoms with van der Waals surface area (Å²) in [4.78, 5) is 21.1. The van der Waals surface area contributed by atoms with Gasteiger partial charge in [-0.25, -0.2) is 9.97 Å². The van der Waals surface area contributed by atoms with E-state index in [2.05, 4.69) is 9.97 Å². The van der Waals surface area contributed by atoms with Gasteiger partial charge in [0.25, 0.3) is 5.56 Å². The van der Waals surface area contributed by atoms with Crippen LogP contribution >= 0.6 is 22.9 Å². The lowest BCUT2D eigenvalue weighted by atomic mass is 10.3. The fraction of sp³-hybridized carbons (Fsp3) is 0.214. The molecular weight excluding hydrogens is 294 g/mol. The van der Waals surface area contributed by atoms with Gasteiger partial charge in [0.1, 0.15) is 10.7 Å². The van der Waals surface area contributed by atoms with E-state index in [1.54, 1.807) is 11.5 Å². The molecule has 0 aliphatic heterocycles. The van der Waals surface area contributed by atoms with Crippen molar-refractivity contribution in [3.8, 4) is 0 Å². The third-order valence-electron chi connectivity index (χ3n) is 3.04. The largest absolute Gasteiger partial charge is 0.298 e. The number of benzene rings is 1. The molecule has 0 unspecified atom stereocenters. The van der Waals surface area contributed by atoms with E-state index in [9.17, 15) is 4.79 Å². The predicted octanol–water partition coefficient (Wildman–Crippen LogP) is 2.95. The zero-order valence-corrected chi connectivity index (χ0v) is 12.4. The molecule has 0 N–H and O–H groups in total. The van der Waals surface area contributed by atoms with Gasteiger partial charge < -0.3 is 0 Å². The average Bonchev–Trinajstić information content (AvgIpc) is 2.91. The second kappa shape index (κ2) is 5.34. The number of aromatic nitrogens is 3. The Morgan fingerprint density at radius 2 is 2.10 bits per heavy atom. The summed E-state index contributed by atoms with van der Waals surface area (Å²) in [5.74, 6) is 0.390. The zero-order valence-electron chi connectivity index (χ0n) is 10.8. The quantitative estimate of drug-likeness (QED) is 0.699. The first-order chi connectivity index (χ1) is 9.69. The minimum atomic E-state index is -0.0775. The third-order valence-corrected chi connectivity index (χ3v) is 4.20. The van der Waals surface area contributed by atoms with Gasteiger partial charge in [0.2, 0.25) is 0 Å². The number of aryl methyl sites for hydroxylation is 1. The van der Waals surface area contributed by atoms with Crippen molar-refractivity contribution in [3.05, 3.63) is 56.4 Å². The van der Waals surface area contributed by atoms with E-state index in [0.717, 1.165) is 21.7 Å². The van der Waals surface area contributed by atoms with Gasteiger partial charge in [0.05, 0.1) is 29.2 Å². The number of fused-ring (bicyclic) bond motifs is 1. The van der Waals surface area contributed by atoms with Gasteiger partial charge in [0.15, 0.2) is 0 Å². The summed E-state index contributed by atoms with van der Waals surface area (Å²) in [6, 6.07) is 7.63. The maximum Gasteiger partial charge on any atom is 0.272 e. The highest BCUT2D eigenvalue weighted by Crippen LogP contribution is 2.15. The Labute approximate surface area is 124 Å². The van der Waals surface area contributed by atoms with Crippen molar-refractivity contribution < 1.29 is 0 Å². The Bertz CT molecular complexity index is 825. The highest BCUT2D eigenvalue weighted by Gasteiger charge is 2.10. The van der Waals surface area contributed by atoms with E-state index >= 15 is 0 Å². The summed E-state index contributed by atoms with van der Waals surface area (Å²) < 4.78 is 1.72. The molecule has 0 saturated carbocycles. The van der Waals surface area contributed by atoms with Gasteiger partial charge in [-0.15, -0.1) is 22.9 Å². The zero-order chi connectivity index (χ0) is 14.1. The lowest BCUT2D eigenvalue weighted by molar-refractivity contribution is 0.768. The number of para-hydroxylation sites is 2. The lowest BCUT2D eigenvalue weighted by Crippen LogP contribution is -2.24. The molecule has 3 aromatic rings. The molecule has 2 aromatic heterocycles. The number of alkyl halides is 1. The van der Waals surface area contributed by atoms with Crippen LogP contribution in [0.5, 0.6) is 0 Å². The Morgan fingerprint density at radius 3 is 2.85 bits per heavy atom. The molecule has 2 heterocycles. The van der Waals surface area contributed by atoms with Crippen LogP contribution in [0, 0.1) is 6.92 Å². The molecule has 102 valence electrons. The molecule has 0 amide bonds. The van der Waals surface area contributed by atoms with Crippen LogP contribution in [0.3, 0.4) is 0 Å². The van der Waals surface area contributed by atoms with E-state index in [1.807, 2.05) is 29.6 Å². The van der Waals surface area contributed by atoms with Crippen molar-refractivity contribution in [2.24, 2.45) is 0 Å². The number of thiazole rings is 1. The van der Waals surface area contributed by atoms with Crippen molar-refractivity contribution in [1.29, 1.82) is 0 Å². The number of rotatable bonds is 3. The fourth-order valence-corrected chi connectivity index (χ4v) is 3.11. The lowest BCUT2D eigenvalue weighted by Gasteiger charge is -2.09. The van der Waals surface area contributed by atoms with E-state index in [-0.39, 0.29) is 5.56 Å². The number of halogens is 1. The van der Waals surface area contributed by atoms with Crippen molar-refractivity contribution in [2.75, 3.05) is 0 Å². The number of nitrogens with zero attached hydrogens (tertiary/aromatic N) is 3. The summed E-state index contributed by atoms with van der Waals surface area (Å²) in [7, 11) is 0. The van der Waals surface area contributed by atoms with Gasteiger partial charge in [0, 0.05) is 5.38 Å². The summed E-state index contributed by atoms with van der Waals surface area (Å²) in [6.45, 7) is 2.18. The Kier molecular flexibility index (Phi) is 3.54. The monoisotopic (exact) mass is 305 g/mol. The standard InChI is InChI=1S/C14H12ClN3OS/c1-9-14(19)18(7-13-17-10(6-15)8-20-13)12-5-3-2-4-11(12)16-9/h2-5,8H,6-7H2,1H3. The summed E-state index contributed by atoms with van der Waals surface area (Å²) in [5, 5.41) is 2.79. The predicted molar refractivity (Wildman–Crippen MR) is 81.5 cm³/mol. The molecule has 0 atom stereocenters. The molecular formula is C14H12ClN3OS. The van der Waals surface area contributed by atoms with Crippen LogP contribution in [0.1, 0.15) is 16.4 Å². The summed E-state index contributed by atoms with van der Waals surface area (Å²) in [5.41, 5.74) is 2.91. The van der Waals surface area contributed by atoms with Gasteiger partial charge in [-0.1, -0.05) is 12.1 Å². The van der Waals surface area contributed by atoms with Crippen LogP contribution in [0.4, 0.5) is 0 Å². The van der Waals surface area contributed by atoms with E-state index in [4.69, 9.17) is 11.6 Å². The molecule has 3 rings (SSSR count). The minimum Gasteiger partial charge on any atom is -0.298 e. The van der Waals surface area contributed by atoms with Crippen LogP contribution < -0.4 is 5.56 Å².